The Morgan fingerprint density at radius 3 is 2.52 bits per heavy atom. The van der Waals surface area contributed by atoms with Gasteiger partial charge in [0.15, 0.2) is 0 Å². The SMILES string of the molecule is C#CCN1CCN(Cn2nc(Cc3ccc(OC)cc3)oc2=S)CC1. The summed E-state index contributed by atoms with van der Waals surface area (Å²) in [5.74, 6) is 4.15. The van der Waals surface area contributed by atoms with Gasteiger partial charge in [0.1, 0.15) is 5.75 Å². The molecule has 0 radical (unpaired) electrons. The summed E-state index contributed by atoms with van der Waals surface area (Å²) < 4.78 is 12.6. The number of ether oxygens (including phenoxy) is 1. The Balaban J connectivity index is 1.59. The van der Waals surface area contributed by atoms with Gasteiger partial charge >= 0.3 is 0 Å². The molecule has 0 spiro atoms. The highest BCUT2D eigenvalue weighted by Crippen LogP contribution is 2.14. The van der Waals surface area contributed by atoms with Crippen LogP contribution in [0.4, 0.5) is 0 Å². The van der Waals surface area contributed by atoms with Crippen LogP contribution in [0.15, 0.2) is 28.7 Å². The Morgan fingerprint density at radius 1 is 1.20 bits per heavy atom. The molecule has 0 atom stereocenters. The largest absolute Gasteiger partial charge is 0.497 e. The van der Waals surface area contributed by atoms with Crippen LogP contribution in [-0.2, 0) is 13.1 Å². The second kappa shape index (κ2) is 8.30. The summed E-state index contributed by atoms with van der Waals surface area (Å²) in [7, 11) is 1.65. The molecule has 1 aliphatic heterocycles. The molecular weight excluding hydrogens is 336 g/mol. The van der Waals surface area contributed by atoms with E-state index in [1.807, 2.05) is 24.3 Å². The highest BCUT2D eigenvalue weighted by molar-refractivity contribution is 7.71. The van der Waals surface area contributed by atoms with Crippen LogP contribution in [-0.4, -0.2) is 59.4 Å². The number of rotatable bonds is 6. The number of terminal acetylenes is 1. The van der Waals surface area contributed by atoms with Crippen LogP contribution in [0, 0.1) is 17.2 Å². The van der Waals surface area contributed by atoms with E-state index in [4.69, 9.17) is 27.8 Å². The maximum atomic E-state index is 5.65. The average molecular weight is 358 g/mol. The molecule has 2 aromatic rings. The minimum atomic E-state index is 0.412. The molecule has 0 N–H and O–H groups in total. The van der Waals surface area contributed by atoms with Gasteiger partial charge in [0.05, 0.1) is 26.7 Å². The van der Waals surface area contributed by atoms with Crippen molar-refractivity contribution in [2.45, 2.75) is 13.1 Å². The van der Waals surface area contributed by atoms with E-state index in [1.165, 1.54) is 0 Å². The molecule has 1 aromatic carbocycles. The van der Waals surface area contributed by atoms with Gasteiger partial charge in [-0.25, -0.2) is 4.68 Å². The fourth-order valence-electron chi connectivity index (χ4n) is 2.84. The molecule has 1 aromatic heterocycles. The van der Waals surface area contributed by atoms with Gasteiger partial charge in [-0.1, -0.05) is 18.1 Å². The van der Waals surface area contributed by atoms with Crippen LogP contribution < -0.4 is 4.74 Å². The zero-order valence-corrected chi connectivity index (χ0v) is 15.2. The molecule has 0 amide bonds. The van der Waals surface area contributed by atoms with E-state index in [-0.39, 0.29) is 0 Å². The molecule has 0 bridgehead atoms. The zero-order chi connectivity index (χ0) is 17.6. The maximum absolute atomic E-state index is 5.65. The summed E-state index contributed by atoms with van der Waals surface area (Å²) in [5.41, 5.74) is 1.10. The quantitative estimate of drug-likeness (QED) is 0.582. The number of hydrogen-bond donors (Lipinski definition) is 0. The van der Waals surface area contributed by atoms with Gasteiger partial charge in [0.25, 0.3) is 4.84 Å². The van der Waals surface area contributed by atoms with Crippen molar-refractivity contribution in [2.75, 3.05) is 39.8 Å². The predicted molar refractivity (Wildman–Crippen MR) is 98.0 cm³/mol. The van der Waals surface area contributed by atoms with Crippen molar-refractivity contribution in [1.29, 1.82) is 0 Å². The summed E-state index contributed by atoms with van der Waals surface area (Å²) in [6, 6.07) is 7.86. The molecule has 2 heterocycles. The van der Waals surface area contributed by atoms with Crippen molar-refractivity contribution in [3.8, 4) is 18.1 Å². The third-order valence-corrected chi connectivity index (χ3v) is 4.57. The Morgan fingerprint density at radius 2 is 1.88 bits per heavy atom. The maximum Gasteiger partial charge on any atom is 0.288 e. The predicted octanol–water partition coefficient (Wildman–Crippen LogP) is 2.01. The summed E-state index contributed by atoms with van der Waals surface area (Å²) in [6.45, 7) is 5.19. The molecule has 0 saturated carbocycles. The number of nitrogens with zero attached hydrogens (tertiary/aromatic N) is 4. The minimum Gasteiger partial charge on any atom is -0.497 e. The lowest BCUT2D eigenvalue weighted by Crippen LogP contribution is -2.46. The summed E-state index contributed by atoms with van der Waals surface area (Å²) in [5, 5.41) is 4.52. The first kappa shape index (κ1) is 17.7. The Labute approximate surface area is 153 Å². The molecule has 1 fully saturated rings. The van der Waals surface area contributed by atoms with Crippen molar-refractivity contribution in [1.82, 2.24) is 19.6 Å². The fourth-order valence-corrected chi connectivity index (χ4v) is 3.03. The molecule has 25 heavy (non-hydrogen) atoms. The zero-order valence-electron chi connectivity index (χ0n) is 14.4. The summed E-state index contributed by atoms with van der Waals surface area (Å²) in [6.07, 6.45) is 5.97. The van der Waals surface area contributed by atoms with Crippen molar-refractivity contribution in [3.63, 3.8) is 0 Å². The lowest BCUT2D eigenvalue weighted by molar-refractivity contribution is 0.110. The van der Waals surface area contributed by atoms with Crippen LogP contribution >= 0.6 is 12.2 Å². The van der Waals surface area contributed by atoms with Gasteiger partial charge in [0.2, 0.25) is 5.89 Å². The Bertz CT molecular complexity index is 783. The van der Waals surface area contributed by atoms with Crippen LogP contribution in [0.1, 0.15) is 11.5 Å². The van der Waals surface area contributed by atoms with E-state index < -0.39 is 0 Å². The van der Waals surface area contributed by atoms with Crippen LogP contribution in [0.25, 0.3) is 0 Å². The van der Waals surface area contributed by atoms with E-state index in [1.54, 1.807) is 11.8 Å². The number of piperazine rings is 1. The van der Waals surface area contributed by atoms with E-state index in [2.05, 4.69) is 20.8 Å². The fraction of sp³-hybridized carbons (Fsp3) is 0.444. The molecule has 132 valence electrons. The van der Waals surface area contributed by atoms with E-state index in [0.717, 1.165) is 37.5 Å². The first-order valence-corrected chi connectivity index (χ1v) is 8.66. The van der Waals surface area contributed by atoms with Crippen LogP contribution in [0.5, 0.6) is 5.75 Å². The van der Waals surface area contributed by atoms with Gasteiger partial charge < -0.3 is 9.15 Å². The average Bonchev–Trinajstić information content (AvgIpc) is 2.96. The summed E-state index contributed by atoms with van der Waals surface area (Å²) >= 11 is 5.31. The van der Waals surface area contributed by atoms with Gasteiger partial charge in [0, 0.05) is 26.2 Å². The topological polar surface area (TPSA) is 46.7 Å². The second-order valence-corrected chi connectivity index (χ2v) is 6.38. The smallest absolute Gasteiger partial charge is 0.288 e. The third kappa shape index (κ3) is 4.69. The second-order valence-electron chi connectivity index (χ2n) is 6.03. The van der Waals surface area contributed by atoms with E-state index >= 15 is 0 Å². The minimum absolute atomic E-state index is 0.412. The highest BCUT2D eigenvalue weighted by atomic mass is 32.1. The molecule has 0 aliphatic carbocycles. The first-order valence-electron chi connectivity index (χ1n) is 8.26. The molecule has 3 rings (SSSR count). The van der Waals surface area contributed by atoms with Gasteiger partial charge in [-0.15, -0.1) is 11.5 Å². The molecule has 1 saturated heterocycles. The molecular formula is C18H22N4O2S. The number of methoxy groups -OCH3 is 1. The van der Waals surface area contributed by atoms with Gasteiger partial charge in [-0.3, -0.25) is 9.80 Å². The van der Waals surface area contributed by atoms with Crippen molar-refractivity contribution in [3.05, 3.63) is 40.6 Å². The Kier molecular flexibility index (Phi) is 5.87. The van der Waals surface area contributed by atoms with Gasteiger partial charge in [-0.2, -0.15) is 0 Å². The third-order valence-electron chi connectivity index (χ3n) is 4.28. The molecule has 1 aliphatic rings. The van der Waals surface area contributed by atoms with Crippen LogP contribution in [0.2, 0.25) is 0 Å². The molecule has 6 nitrogen and oxygen atoms in total. The Hall–Kier alpha value is -2.14. The number of aromatic nitrogens is 2. The summed E-state index contributed by atoms with van der Waals surface area (Å²) in [4.78, 5) is 4.99. The van der Waals surface area contributed by atoms with Crippen molar-refractivity contribution >= 4 is 12.2 Å². The van der Waals surface area contributed by atoms with Crippen molar-refractivity contribution in [2.24, 2.45) is 0 Å². The standard InChI is InChI=1S/C18H22N4O2S/c1-3-8-20-9-11-21(12-10-20)14-22-18(25)24-17(19-22)13-15-4-6-16(23-2)7-5-15/h1,4-7H,8-14H2,2H3. The first-order chi connectivity index (χ1) is 12.2. The van der Waals surface area contributed by atoms with E-state index in [0.29, 0.717) is 30.4 Å². The van der Waals surface area contributed by atoms with Crippen molar-refractivity contribution < 1.29 is 9.15 Å². The highest BCUT2D eigenvalue weighted by Gasteiger charge is 2.17. The molecule has 0 unspecified atom stereocenters. The normalized spacial score (nSPS) is 15.8. The van der Waals surface area contributed by atoms with Gasteiger partial charge in [-0.05, 0) is 29.9 Å². The van der Waals surface area contributed by atoms with E-state index in [9.17, 15) is 0 Å². The number of hydrogen-bond acceptors (Lipinski definition) is 6. The van der Waals surface area contributed by atoms with Crippen LogP contribution in [0.3, 0.4) is 0 Å². The number of benzene rings is 1. The monoisotopic (exact) mass is 358 g/mol. The lowest BCUT2D eigenvalue weighted by atomic mass is 10.1. The molecule has 7 heteroatoms. The lowest BCUT2D eigenvalue weighted by Gasteiger charge is -2.33.